The van der Waals surface area contributed by atoms with Crippen LogP contribution >= 0.6 is 0 Å². The Morgan fingerprint density at radius 3 is 1.69 bits per heavy atom. The molecule has 0 aromatic carbocycles. The van der Waals surface area contributed by atoms with E-state index in [1.165, 1.54) is 58.0 Å². The van der Waals surface area contributed by atoms with Gasteiger partial charge in [0.15, 0.2) is 0 Å². The predicted molar refractivity (Wildman–Crippen MR) is 116 cm³/mol. The van der Waals surface area contributed by atoms with Crippen molar-refractivity contribution in [2.45, 2.75) is 119 Å². The molecule has 1 aliphatic carbocycles. The second kappa shape index (κ2) is 12.4. The van der Waals surface area contributed by atoms with Crippen LogP contribution in [0.25, 0.3) is 0 Å². The third kappa shape index (κ3) is 9.74. The molecule has 0 bridgehead atoms. The van der Waals surface area contributed by atoms with Gasteiger partial charge in [-0.1, -0.05) is 27.7 Å². The highest BCUT2D eigenvalue weighted by Gasteiger charge is 2.24. The molecule has 1 saturated heterocycles. The lowest BCUT2D eigenvalue weighted by molar-refractivity contribution is -0.0230. The molecule has 26 heavy (non-hydrogen) atoms. The van der Waals surface area contributed by atoms with Gasteiger partial charge >= 0.3 is 0 Å². The molecule has 156 valence electrons. The predicted octanol–water partition coefficient (Wildman–Crippen LogP) is 6.78. The van der Waals surface area contributed by atoms with Crippen LogP contribution in [0.2, 0.25) is 0 Å². The van der Waals surface area contributed by atoms with Crippen molar-refractivity contribution in [3.05, 3.63) is 0 Å². The Morgan fingerprint density at radius 2 is 1.31 bits per heavy atom. The second-order valence-electron chi connectivity index (χ2n) is 10.2. The third-order valence-electron chi connectivity index (χ3n) is 6.31. The Bertz CT molecular complexity index is 300. The first kappa shape index (κ1) is 24.0. The largest absolute Gasteiger partial charge is 0.376 e. The molecule has 0 spiro atoms. The van der Waals surface area contributed by atoms with Gasteiger partial charge < -0.3 is 9.64 Å². The van der Waals surface area contributed by atoms with Crippen molar-refractivity contribution in [3.63, 3.8) is 0 Å². The molecule has 2 fully saturated rings. The molecule has 0 radical (unpaired) electrons. The Kier molecular flexibility index (Phi) is 11.4. The summed E-state index contributed by atoms with van der Waals surface area (Å²) < 4.78 is 5.82. The average molecular weight is 368 g/mol. The number of hydrogen-bond donors (Lipinski definition) is 0. The molecule has 2 rings (SSSR count). The first-order valence-corrected chi connectivity index (χ1v) is 11.6. The topological polar surface area (TPSA) is 12.5 Å². The van der Waals surface area contributed by atoms with Crippen LogP contribution in [0, 0.1) is 23.7 Å². The monoisotopic (exact) mass is 367 g/mol. The van der Waals surface area contributed by atoms with E-state index in [2.05, 4.69) is 60.3 Å². The van der Waals surface area contributed by atoms with Gasteiger partial charge in [-0.2, -0.15) is 0 Å². The Labute approximate surface area is 165 Å². The fraction of sp³-hybridized carbons (Fsp3) is 1.00. The lowest BCUT2D eigenvalue weighted by Gasteiger charge is -2.35. The smallest absolute Gasteiger partial charge is 0.0578 e. The van der Waals surface area contributed by atoms with E-state index in [4.69, 9.17) is 4.74 Å². The fourth-order valence-electron chi connectivity index (χ4n) is 4.65. The zero-order valence-electron chi connectivity index (χ0n) is 19.3. The van der Waals surface area contributed by atoms with Crippen molar-refractivity contribution in [1.82, 2.24) is 4.90 Å². The number of nitrogens with zero attached hydrogens (tertiary/aromatic N) is 1. The minimum Gasteiger partial charge on any atom is -0.376 e. The molecule has 0 aromatic rings. The van der Waals surface area contributed by atoms with Gasteiger partial charge in [0.1, 0.15) is 0 Å². The van der Waals surface area contributed by atoms with Crippen molar-refractivity contribution in [1.29, 1.82) is 0 Å². The van der Waals surface area contributed by atoms with Crippen molar-refractivity contribution < 1.29 is 4.74 Å². The van der Waals surface area contributed by atoms with E-state index in [-0.39, 0.29) is 0 Å². The van der Waals surface area contributed by atoms with Crippen LogP contribution in [0.3, 0.4) is 0 Å². The fourth-order valence-corrected chi connectivity index (χ4v) is 4.65. The first-order valence-electron chi connectivity index (χ1n) is 11.6. The zero-order chi connectivity index (χ0) is 19.7. The van der Waals surface area contributed by atoms with Crippen LogP contribution in [0.15, 0.2) is 0 Å². The maximum Gasteiger partial charge on any atom is 0.0578 e. The van der Waals surface area contributed by atoms with Crippen molar-refractivity contribution in [2.24, 2.45) is 23.7 Å². The summed E-state index contributed by atoms with van der Waals surface area (Å²) >= 11 is 0. The third-order valence-corrected chi connectivity index (χ3v) is 6.31. The molecule has 2 nitrogen and oxygen atoms in total. The van der Waals surface area contributed by atoms with E-state index in [1.54, 1.807) is 0 Å². The summed E-state index contributed by atoms with van der Waals surface area (Å²) in [6.45, 7) is 20.9. The lowest BCUT2D eigenvalue weighted by Crippen LogP contribution is -2.38. The molecule has 1 saturated carbocycles. The molecule has 0 N–H and O–H groups in total. The maximum absolute atomic E-state index is 5.82. The minimum atomic E-state index is 0.403. The summed E-state index contributed by atoms with van der Waals surface area (Å²) in [7, 11) is 0. The summed E-state index contributed by atoms with van der Waals surface area (Å²) in [6.07, 6.45) is 10.5. The van der Waals surface area contributed by atoms with Gasteiger partial charge in [0.25, 0.3) is 0 Å². The normalized spacial score (nSPS) is 25.8. The van der Waals surface area contributed by atoms with E-state index >= 15 is 0 Å². The van der Waals surface area contributed by atoms with Crippen LogP contribution in [0.5, 0.6) is 0 Å². The van der Waals surface area contributed by atoms with E-state index in [0.717, 1.165) is 29.7 Å². The number of piperidine rings is 1. The molecule has 0 atom stereocenters. The summed E-state index contributed by atoms with van der Waals surface area (Å²) in [5, 5.41) is 0. The second-order valence-corrected chi connectivity index (χ2v) is 10.2. The highest BCUT2D eigenvalue weighted by molar-refractivity contribution is 4.76. The molecule has 0 aromatic heterocycles. The van der Waals surface area contributed by atoms with Crippen LogP contribution in [-0.2, 0) is 4.74 Å². The lowest BCUT2D eigenvalue weighted by atomic mass is 9.80. The van der Waals surface area contributed by atoms with Crippen LogP contribution in [-0.4, -0.2) is 36.2 Å². The summed E-state index contributed by atoms with van der Waals surface area (Å²) in [5.74, 6) is 3.71. The first-order chi connectivity index (χ1) is 12.2. The van der Waals surface area contributed by atoms with Crippen LogP contribution in [0.4, 0.5) is 0 Å². The van der Waals surface area contributed by atoms with Gasteiger partial charge in [-0.05, 0) is 109 Å². The molecule has 0 unspecified atom stereocenters. The van der Waals surface area contributed by atoms with Gasteiger partial charge in [0, 0.05) is 6.04 Å². The van der Waals surface area contributed by atoms with Gasteiger partial charge in [-0.25, -0.2) is 0 Å². The Morgan fingerprint density at radius 1 is 0.769 bits per heavy atom. The van der Waals surface area contributed by atoms with Gasteiger partial charge in [-0.3, -0.25) is 0 Å². The number of rotatable bonds is 6. The van der Waals surface area contributed by atoms with Crippen molar-refractivity contribution in [2.75, 3.05) is 13.1 Å². The number of hydrogen-bond acceptors (Lipinski definition) is 2. The molecule has 2 aliphatic rings. The highest BCUT2D eigenvalue weighted by atomic mass is 16.5. The molecular formula is C24H49NO. The maximum atomic E-state index is 5.82. The van der Waals surface area contributed by atoms with Crippen molar-refractivity contribution >= 4 is 0 Å². The Balaban J connectivity index is 0.000000260. The quantitative estimate of drug-likeness (QED) is 0.513. The average Bonchev–Trinajstić information content (AvgIpc) is 2.55. The SMILES string of the molecule is CC(C)CC1CCN(C(C)C)CC1.CC(C)OC1CCC(C(C)C)CC1. The summed E-state index contributed by atoms with van der Waals surface area (Å²) in [4.78, 5) is 2.61. The summed E-state index contributed by atoms with van der Waals surface area (Å²) in [6, 6.07) is 0.750. The van der Waals surface area contributed by atoms with E-state index in [1.807, 2.05) is 0 Å². The minimum absolute atomic E-state index is 0.403. The van der Waals surface area contributed by atoms with Crippen LogP contribution in [0.1, 0.15) is 100 Å². The van der Waals surface area contributed by atoms with E-state index in [0.29, 0.717) is 12.2 Å². The van der Waals surface area contributed by atoms with Gasteiger partial charge in [0.05, 0.1) is 12.2 Å². The zero-order valence-corrected chi connectivity index (χ0v) is 19.3. The van der Waals surface area contributed by atoms with E-state index in [9.17, 15) is 0 Å². The van der Waals surface area contributed by atoms with Gasteiger partial charge in [-0.15, -0.1) is 0 Å². The van der Waals surface area contributed by atoms with Crippen molar-refractivity contribution in [3.8, 4) is 0 Å². The van der Waals surface area contributed by atoms with E-state index < -0.39 is 0 Å². The molecule has 1 aliphatic heterocycles. The Hall–Kier alpha value is -0.0800. The van der Waals surface area contributed by atoms with Gasteiger partial charge in [0.2, 0.25) is 0 Å². The molecule has 2 heteroatoms. The number of likely N-dealkylation sites (tertiary alicyclic amines) is 1. The highest BCUT2D eigenvalue weighted by Crippen LogP contribution is 2.31. The standard InChI is InChI=1S/C12H25N.C12H24O/c1-10(2)9-12-5-7-13(8-6-12)11(3)4;1-9(2)11-5-7-12(8-6-11)13-10(3)4/h10-12H,5-9H2,1-4H3;9-12H,5-8H2,1-4H3. The molecular weight excluding hydrogens is 318 g/mol. The number of ether oxygens (including phenoxy) is 1. The molecule has 1 heterocycles. The summed E-state index contributed by atoms with van der Waals surface area (Å²) in [5.41, 5.74) is 0. The van der Waals surface area contributed by atoms with Crippen LogP contribution < -0.4 is 0 Å². The molecule has 0 amide bonds.